The Morgan fingerprint density at radius 1 is 1.24 bits per heavy atom. The van der Waals surface area contributed by atoms with E-state index in [1.54, 1.807) is 25.5 Å². The highest BCUT2D eigenvalue weighted by Crippen LogP contribution is 2.33. The van der Waals surface area contributed by atoms with Crippen LogP contribution in [-0.4, -0.2) is 72.6 Å². The monoisotopic (exact) mass is 452 g/mol. The lowest BCUT2D eigenvalue weighted by Crippen LogP contribution is -2.36. The summed E-state index contributed by atoms with van der Waals surface area (Å²) in [7, 11) is 0. The average Bonchev–Trinajstić information content (AvgIpc) is 2.87. The van der Waals surface area contributed by atoms with Crippen LogP contribution in [0.4, 0.5) is 5.69 Å². The number of benzene rings is 1. The molecule has 176 valence electrons. The molecule has 0 spiro atoms. The third-order valence-corrected chi connectivity index (χ3v) is 6.03. The van der Waals surface area contributed by atoms with Crippen LogP contribution in [0.25, 0.3) is 11.0 Å². The summed E-state index contributed by atoms with van der Waals surface area (Å²) < 4.78 is 12.0. The van der Waals surface area contributed by atoms with Crippen LogP contribution < -0.4 is 15.0 Å². The fraction of sp³-hybridized carbons (Fsp3) is 0.500. The molecule has 2 N–H and O–H groups in total. The molecule has 1 saturated heterocycles. The molecular formula is C24H32N6O3. The maximum Gasteiger partial charge on any atom is 0.149 e. The minimum Gasteiger partial charge on any atom is -0.488 e. The first-order valence-electron chi connectivity index (χ1n) is 11.5. The number of anilines is 1. The first-order chi connectivity index (χ1) is 16.2. The molecule has 1 aromatic heterocycles. The second kappa shape index (κ2) is 11.2. The van der Waals surface area contributed by atoms with Crippen molar-refractivity contribution in [1.82, 2.24) is 15.3 Å². The van der Waals surface area contributed by atoms with Gasteiger partial charge in [-0.3, -0.25) is 9.98 Å². The van der Waals surface area contributed by atoms with E-state index in [0.29, 0.717) is 11.5 Å². The Morgan fingerprint density at radius 2 is 2.00 bits per heavy atom. The van der Waals surface area contributed by atoms with E-state index in [1.165, 1.54) is 0 Å². The highest BCUT2D eigenvalue weighted by Gasteiger charge is 2.24. The lowest BCUT2D eigenvalue weighted by atomic mass is 9.93. The minimum atomic E-state index is -0.0742. The van der Waals surface area contributed by atoms with Crippen molar-refractivity contribution in [2.24, 2.45) is 9.98 Å². The zero-order valence-corrected chi connectivity index (χ0v) is 19.1. The molecule has 9 nitrogen and oxygen atoms in total. The van der Waals surface area contributed by atoms with Crippen LogP contribution in [-0.2, 0) is 4.74 Å². The van der Waals surface area contributed by atoms with Crippen molar-refractivity contribution >= 4 is 29.1 Å². The summed E-state index contributed by atoms with van der Waals surface area (Å²) in [5.74, 6) is 1.41. The number of aliphatic imine (C=N–C) groups is 2. The zero-order valence-electron chi connectivity index (χ0n) is 19.1. The van der Waals surface area contributed by atoms with Crippen LogP contribution in [0, 0.1) is 0 Å². The van der Waals surface area contributed by atoms with Crippen LogP contribution in [0.1, 0.15) is 32.6 Å². The van der Waals surface area contributed by atoms with Crippen LogP contribution in [0.5, 0.6) is 5.75 Å². The largest absolute Gasteiger partial charge is 0.488 e. The number of fused-ring (bicyclic) bond motifs is 1. The predicted molar refractivity (Wildman–Crippen MR) is 130 cm³/mol. The number of hydrogen-bond donors (Lipinski definition) is 2. The number of ether oxygens (including phenoxy) is 2. The van der Waals surface area contributed by atoms with Crippen molar-refractivity contribution in [3.8, 4) is 5.75 Å². The number of rotatable bonds is 8. The molecule has 33 heavy (non-hydrogen) atoms. The van der Waals surface area contributed by atoms with Gasteiger partial charge in [0.05, 0.1) is 37.6 Å². The van der Waals surface area contributed by atoms with Crippen molar-refractivity contribution in [3.05, 3.63) is 36.5 Å². The average molecular weight is 453 g/mol. The molecule has 0 atom stereocenters. The van der Waals surface area contributed by atoms with Crippen LogP contribution in [0.2, 0.25) is 0 Å². The number of aromatic nitrogens is 2. The Labute approximate surface area is 194 Å². The molecular weight excluding hydrogens is 420 g/mol. The van der Waals surface area contributed by atoms with E-state index >= 15 is 0 Å². The van der Waals surface area contributed by atoms with Crippen molar-refractivity contribution in [3.63, 3.8) is 0 Å². The standard InChI is InChI=1S/C24H32N6O3/c1-17(16-31)28-15-23(25-2)29-18-3-5-20(6-4-18)33-22-14-19(30-9-11-32-12-10-30)13-21-24(22)27-8-7-26-21/h7-8,13-15,18,20,29,31H,2-6,9-12,16H2,1H3/b23-15+,28-17+/t18-,20+. The lowest BCUT2D eigenvalue weighted by Gasteiger charge is -2.31. The fourth-order valence-corrected chi connectivity index (χ4v) is 4.17. The van der Waals surface area contributed by atoms with Gasteiger partial charge in [0.2, 0.25) is 0 Å². The maximum atomic E-state index is 9.09. The third-order valence-electron chi connectivity index (χ3n) is 6.03. The molecule has 1 aromatic carbocycles. The van der Waals surface area contributed by atoms with Gasteiger partial charge in [-0.05, 0) is 45.4 Å². The van der Waals surface area contributed by atoms with Gasteiger partial charge in [-0.2, -0.15) is 0 Å². The summed E-state index contributed by atoms with van der Waals surface area (Å²) in [6, 6.07) is 4.46. The molecule has 4 rings (SSSR count). The van der Waals surface area contributed by atoms with Gasteiger partial charge in [0.1, 0.15) is 17.1 Å². The Morgan fingerprint density at radius 3 is 2.73 bits per heavy atom. The van der Waals surface area contributed by atoms with Gasteiger partial charge in [0, 0.05) is 49.0 Å². The number of aliphatic hydroxyl groups is 1. The van der Waals surface area contributed by atoms with Crippen molar-refractivity contribution in [2.75, 3.05) is 37.8 Å². The number of nitrogens with one attached hydrogen (secondary N) is 1. The van der Waals surface area contributed by atoms with Crippen molar-refractivity contribution in [1.29, 1.82) is 0 Å². The van der Waals surface area contributed by atoms with Crippen molar-refractivity contribution < 1.29 is 14.6 Å². The molecule has 0 radical (unpaired) electrons. The highest BCUT2D eigenvalue weighted by molar-refractivity contribution is 5.85. The van der Waals surface area contributed by atoms with E-state index in [4.69, 9.17) is 14.6 Å². The second-order valence-electron chi connectivity index (χ2n) is 8.40. The number of morpholine rings is 1. The summed E-state index contributed by atoms with van der Waals surface area (Å²) >= 11 is 0. The highest BCUT2D eigenvalue weighted by atomic mass is 16.5. The molecule has 2 heterocycles. The van der Waals surface area contributed by atoms with Gasteiger partial charge in [0.25, 0.3) is 0 Å². The molecule has 1 aliphatic heterocycles. The quantitative estimate of drug-likeness (QED) is 0.594. The van der Waals surface area contributed by atoms with Gasteiger partial charge in [-0.15, -0.1) is 0 Å². The van der Waals surface area contributed by atoms with Gasteiger partial charge >= 0.3 is 0 Å². The summed E-state index contributed by atoms with van der Waals surface area (Å²) in [5.41, 5.74) is 3.37. The lowest BCUT2D eigenvalue weighted by molar-refractivity contribution is 0.122. The Balaban J connectivity index is 1.42. The Hall–Kier alpha value is -3.04. The molecule has 1 aliphatic carbocycles. The van der Waals surface area contributed by atoms with E-state index in [0.717, 1.165) is 74.5 Å². The second-order valence-corrected chi connectivity index (χ2v) is 8.40. The van der Waals surface area contributed by atoms with E-state index < -0.39 is 0 Å². The van der Waals surface area contributed by atoms with E-state index in [2.05, 4.69) is 49.0 Å². The normalized spacial score (nSPS) is 22.3. The number of nitrogens with zero attached hydrogens (tertiary/aromatic N) is 5. The van der Waals surface area contributed by atoms with Crippen LogP contribution in [0.3, 0.4) is 0 Å². The molecule has 2 aliphatic rings. The molecule has 0 bridgehead atoms. The van der Waals surface area contributed by atoms with Gasteiger partial charge in [0.15, 0.2) is 0 Å². The first kappa shape index (κ1) is 23.1. The summed E-state index contributed by atoms with van der Waals surface area (Å²) in [5, 5.41) is 12.5. The van der Waals surface area contributed by atoms with Crippen LogP contribution >= 0.6 is 0 Å². The van der Waals surface area contributed by atoms with E-state index in [-0.39, 0.29) is 18.8 Å². The SMILES string of the molecule is C=N/C(=C\N=C(/C)CO)N[C@H]1CC[C@@H](Oc2cc(N3CCOCC3)cc3nccnc23)CC1. The summed E-state index contributed by atoms with van der Waals surface area (Å²) in [6.45, 7) is 8.48. The predicted octanol–water partition coefficient (Wildman–Crippen LogP) is 2.70. The topological polar surface area (TPSA) is 104 Å². The third kappa shape index (κ3) is 6.06. The molecule has 2 fully saturated rings. The van der Waals surface area contributed by atoms with E-state index in [9.17, 15) is 0 Å². The summed E-state index contributed by atoms with van der Waals surface area (Å²) in [6.07, 6.45) is 8.91. The summed E-state index contributed by atoms with van der Waals surface area (Å²) in [4.78, 5) is 19.6. The Bertz CT molecular complexity index is 1010. The Kier molecular flexibility index (Phi) is 7.85. The zero-order chi connectivity index (χ0) is 23.0. The molecule has 1 saturated carbocycles. The fourth-order valence-electron chi connectivity index (χ4n) is 4.17. The molecule has 0 amide bonds. The van der Waals surface area contributed by atoms with Gasteiger partial charge in [-0.25, -0.2) is 9.98 Å². The number of aliphatic hydroxyl groups excluding tert-OH is 1. The molecule has 9 heteroatoms. The van der Waals surface area contributed by atoms with E-state index in [1.807, 2.05) is 0 Å². The molecule has 2 aromatic rings. The van der Waals surface area contributed by atoms with Crippen molar-refractivity contribution in [2.45, 2.75) is 44.8 Å². The van der Waals surface area contributed by atoms with Gasteiger partial charge < -0.3 is 24.8 Å². The smallest absolute Gasteiger partial charge is 0.149 e. The van der Waals surface area contributed by atoms with Gasteiger partial charge in [-0.1, -0.05) is 0 Å². The number of hydrogen-bond acceptors (Lipinski definition) is 9. The minimum absolute atomic E-state index is 0.0742. The maximum absolute atomic E-state index is 9.09. The molecule has 0 unspecified atom stereocenters. The first-order valence-corrected chi connectivity index (χ1v) is 11.5. The van der Waals surface area contributed by atoms with Crippen LogP contribution in [0.15, 0.2) is 46.5 Å².